The normalized spacial score (nSPS) is 12.6. The molecule has 1 aliphatic carbocycles. The number of hydrogen-bond donors (Lipinski definition) is 0. The first-order chi connectivity index (χ1) is 28.8. The summed E-state index contributed by atoms with van der Waals surface area (Å²) in [5.74, 6) is 0. The van der Waals surface area contributed by atoms with E-state index >= 15 is 0 Å². The highest BCUT2D eigenvalue weighted by Gasteiger charge is 2.48. The van der Waals surface area contributed by atoms with Crippen LogP contribution in [0, 0.1) is 0 Å². The summed E-state index contributed by atoms with van der Waals surface area (Å²) in [6.45, 7) is 0. The van der Waals surface area contributed by atoms with Gasteiger partial charge in [0.25, 0.3) is 0 Å². The first-order valence-electron chi connectivity index (χ1n) is 20.0. The molecule has 272 valence electrons. The van der Waals surface area contributed by atoms with E-state index in [1.165, 1.54) is 44.2 Å². The van der Waals surface area contributed by atoms with Crippen molar-refractivity contribution < 1.29 is 0 Å². The molecule has 1 aromatic heterocycles. The zero-order valence-corrected chi connectivity index (χ0v) is 31.8. The van der Waals surface area contributed by atoms with Gasteiger partial charge in [0.1, 0.15) is 0 Å². The minimum Gasteiger partial charge on any atom is -0.310 e. The van der Waals surface area contributed by atoms with Gasteiger partial charge in [-0.1, -0.05) is 182 Å². The molecule has 0 spiro atoms. The van der Waals surface area contributed by atoms with Crippen LogP contribution in [0.1, 0.15) is 22.3 Å². The number of para-hydroxylation sites is 2. The molecule has 0 bridgehead atoms. The maximum Gasteiger partial charge on any atom is 0.0788 e. The Kier molecular flexibility index (Phi) is 8.08. The number of pyridine rings is 1. The summed E-state index contributed by atoms with van der Waals surface area (Å²) in [5, 5.41) is 3.55. The average Bonchev–Trinajstić information content (AvgIpc) is 3.61. The van der Waals surface area contributed by atoms with Crippen molar-refractivity contribution in [3.8, 4) is 33.5 Å². The van der Waals surface area contributed by atoms with Crippen molar-refractivity contribution in [1.29, 1.82) is 0 Å². The lowest BCUT2D eigenvalue weighted by atomic mass is 9.67. The summed E-state index contributed by atoms with van der Waals surface area (Å²) in [7, 11) is 0. The topological polar surface area (TPSA) is 16.1 Å². The van der Waals surface area contributed by atoms with Crippen LogP contribution in [-0.4, -0.2) is 4.98 Å². The van der Waals surface area contributed by atoms with Crippen LogP contribution in [0.4, 0.5) is 17.1 Å². The summed E-state index contributed by atoms with van der Waals surface area (Å²) < 4.78 is 0. The molecule has 0 fully saturated rings. The predicted octanol–water partition coefficient (Wildman–Crippen LogP) is 14.6. The molecular weight excluding hydrogens is 701 g/mol. The van der Waals surface area contributed by atoms with Crippen LogP contribution in [0.15, 0.2) is 231 Å². The van der Waals surface area contributed by atoms with Gasteiger partial charge in [-0.25, -0.2) is 4.98 Å². The third-order valence-electron chi connectivity index (χ3n) is 11.9. The molecular formula is C56H38N2. The van der Waals surface area contributed by atoms with Crippen LogP contribution in [0.3, 0.4) is 0 Å². The highest BCUT2D eigenvalue weighted by atomic mass is 15.1. The van der Waals surface area contributed by atoms with Gasteiger partial charge in [-0.3, -0.25) is 0 Å². The number of nitrogens with zero attached hydrogens (tertiary/aromatic N) is 2. The Morgan fingerprint density at radius 1 is 0.362 bits per heavy atom. The fourth-order valence-electron chi connectivity index (χ4n) is 9.35. The van der Waals surface area contributed by atoms with Gasteiger partial charge in [0.05, 0.1) is 22.3 Å². The average molecular weight is 739 g/mol. The van der Waals surface area contributed by atoms with Gasteiger partial charge in [0, 0.05) is 33.5 Å². The standard InChI is InChI=1S/C56H38N2/c1-5-19-40(20-6-1)50-37-42-22-15-16-30-52(42)57-55(50)43-33-35-48-49-29-17-31-53(58(46-27-11-4-12-28-46)47-34-32-39-18-13-14-21-41(39)36-47)54(49)56(51(48)38-43,44-23-7-2-8-24-44)45-25-9-3-10-26-45/h1-38H. The van der Waals surface area contributed by atoms with Crippen LogP contribution >= 0.6 is 0 Å². The second kappa shape index (κ2) is 13.9. The molecule has 0 unspecified atom stereocenters. The molecule has 1 aliphatic rings. The Morgan fingerprint density at radius 3 is 1.71 bits per heavy atom. The molecule has 0 N–H and O–H groups in total. The van der Waals surface area contributed by atoms with Crippen LogP contribution in [0.2, 0.25) is 0 Å². The smallest absolute Gasteiger partial charge is 0.0788 e. The zero-order chi connectivity index (χ0) is 38.5. The van der Waals surface area contributed by atoms with E-state index < -0.39 is 5.41 Å². The number of hydrogen-bond acceptors (Lipinski definition) is 2. The molecule has 0 saturated heterocycles. The third kappa shape index (κ3) is 5.38. The van der Waals surface area contributed by atoms with Gasteiger partial charge in [-0.2, -0.15) is 0 Å². The molecule has 1 heterocycles. The fourth-order valence-corrected chi connectivity index (χ4v) is 9.35. The van der Waals surface area contributed by atoms with Crippen molar-refractivity contribution in [2.24, 2.45) is 0 Å². The number of aromatic nitrogens is 1. The second-order valence-corrected chi connectivity index (χ2v) is 15.1. The molecule has 0 aliphatic heterocycles. The first-order valence-corrected chi connectivity index (χ1v) is 20.0. The highest BCUT2D eigenvalue weighted by molar-refractivity contribution is 5.98. The molecule has 0 saturated carbocycles. The quantitative estimate of drug-likeness (QED) is 0.162. The van der Waals surface area contributed by atoms with Crippen molar-refractivity contribution in [2.75, 3.05) is 4.90 Å². The van der Waals surface area contributed by atoms with E-state index in [1.54, 1.807) is 0 Å². The van der Waals surface area contributed by atoms with E-state index in [9.17, 15) is 0 Å². The Hall–Kier alpha value is -7.55. The van der Waals surface area contributed by atoms with Crippen molar-refractivity contribution in [3.63, 3.8) is 0 Å². The van der Waals surface area contributed by atoms with E-state index in [2.05, 4.69) is 235 Å². The van der Waals surface area contributed by atoms with E-state index in [-0.39, 0.29) is 0 Å². The lowest BCUT2D eigenvalue weighted by Gasteiger charge is -2.38. The Labute approximate surface area is 339 Å². The molecule has 0 radical (unpaired) electrons. The third-order valence-corrected chi connectivity index (χ3v) is 11.9. The molecule has 2 heteroatoms. The summed E-state index contributed by atoms with van der Waals surface area (Å²) in [6.07, 6.45) is 0. The molecule has 2 nitrogen and oxygen atoms in total. The summed E-state index contributed by atoms with van der Waals surface area (Å²) in [6, 6.07) is 83.8. The van der Waals surface area contributed by atoms with Crippen molar-refractivity contribution >= 4 is 38.7 Å². The van der Waals surface area contributed by atoms with Gasteiger partial charge >= 0.3 is 0 Å². The second-order valence-electron chi connectivity index (χ2n) is 15.1. The summed E-state index contributed by atoms with van der Waals surface area (Å²) >= 11 is 0. The molecule has 11 rings (SSSR count). The molecule has 0 amide bonds. The van der Waals surface area contributed by atoms with Gasteiger partial charge in [-0.15, -0.1) is 0 Å². The van der Waals surface area contributed by atoms with Gasteiger partial charge in [0.15, 0.2) is 0 Å². The van der Waals surface area contributed by atoms with Crippen LogP contribution in [-0.2, 0) is 5.41 Å². The molecule has 58 heavy (non-hydrogen) atoms. The van der Waals surface area contributed by atoms with Crippen LogP contribution in [0.5, 0.6) is 0 Å². The maximum atomic E-state index is 5.43. The number of fused-ring (bicyclic) bond motifs is 5. The van der Waals surface area contributed by atoms with Crippen molar-refractivity contribution in [2.45, 2.75) is 5.41 Å². The molecule has 9 aromatic carbocycles. The van der Waals surface area contributed by atoms with Crippen LogP contribution < -0.4 is 4.90 Å². The monoisotopic (exact) mass is 738 g/mol. The lowest BCUT2D eigenvalue weighted by Crippen LogP contribution is -2.30. The molecule has 0 atom stereocenters. The fraction of sp³-hybridized carbons (Fsp3) is 0.0179. The van der Waals surface area contributed by atoms with Crippen molar-refractivity contribution in [1.82, 2.24) is 4.98 Å². The number of rotatable bonds is 7. The van der Waals surface area contributed by atoms with E-state index in [1.807, 2.05) is 0 Å². The molecule has 10 aromatic rings. The zero-order valence-electron chi connectivity index (χ0n) is 31.8. The minimum absolute atomic E-state index is 0.673. The Balaban J connectivity index is 1.24. The largest absolute Gasteiger partial charge is 0.310 e. The lowest BCUT2D eigenvalue weighted by molar-refractivity contribution is 0.768. The van der Waals surface area contributed by atoms with Crippen molar-refractivity contribution in [3.05, 3.63) is 253 Å². The number of benzene rings is 9. The predicted molar refractivity (Wildman–Crippen MR) is 242 cm³/mol. The van der Waals surface area contributed by atoms with E-state index in [4.69, 9.17) is 4.98 Å². The number of anilines is 3. The summed E-state index contributed by atoms with van der Waals surface area (Å²) in [4.78, 5) is 7.89. The minimum atomic E-state index is -0.673. The summed E-state index contributed by atoms with van der Waals surface area (Å²) in [5.41, 5.74) is 15.4. The van der Waals surface area contributed by atoms with Gasteiger partial charge in [-0.05, 0) is 92.7 Å². The van der Waals surface area contributed by atoms with Gasteiger partial charge in [0.2, 0.25) is 0 Å². The maximum absolute atomic E-state index is 5.43. The van der Waals surface area contributed by atoms with Gasteiger partial charge < -0.3 is 4.90 Å². The SMILES string of the molecule is c1ccc(-c2cc3ccccc3nc2-c2ccc3c(c2)C(c2ccccc2)(c2ccccc2)c2c-3cccc2N(c2ccccc2)c2ccc3ccccc3c2)cc1. The highest BCUT2D eigenvalue weighted by Crippen LogP contribution is 2.60. The Bertz CT molecular complexity index is 3060. The Morgan fingerprint density at radius 2 is 0.983 bits per heavy atom. The van der Waals surface area contributed by atoms with E-state index in [0.717, 1.165) is 50.3 Å². The first kappa shape index (κ1) is 33.8. The van der Waals surface area contributed by atoms with E-state index in [0.29, 0.717) is 0 Å². The van der Waals surface area contributed by atoms with Crippen LogP contribution in [0.25, 0.3) is 55.2 Å².